The molecule has 0 bridgehead atoms. The molecule has 6 heteroatoms. The van der Waals surface area contributed by atoms with Crippen molar-refractivity contribution in [1.82, 2.24) is 6.15 Å². The van der Waals surface area contributed by atoms with E-state index in [1.54, 1.807) is 21.3 Å². The number of halogens is 1. The quantitative estimate of drug-likeness (QED) is 0.0897. The van der Waals surface area contributed by atoms with Crippen molar-refractivity contribution in [2.24, 2.45) is 5.92 Å². The molecule has 0 aromatic carbocycles. The van der Waals surface area contributed by atoms with Gasteiger partial charge in [-0.25, -0.2) is 0 Å². The van der Waals surface area contributed by atoms with Gasteiger partial charge in [-0.1, -0.05) is 104 Å². The Kier molecular flexibility index (Phi) is 25.4. The first-order valence-electron chi connectivity index (χ1n) is 12.8. The maximum absolute atomic E-state index is 6.11. The minimum atomic E-state index is -2.57. The molecule has 0 aromatic rings. The van der Waals surface area contributed by atoms with E-state index in [1.165, 1.54) is 89.9 Å². The molecule has 2 atom stereocenters. The van der Waals surface area contributed by atoms with Crippen LogP contribution >= 0.6 is 11.6 Å². The lowest BCUT2D eigenvalue weighted by Crippen LogP contribution is -2.48. The van der Waals surface area contributed by atoms with E-state index < -0.39 is 8.80 Å². The van der Waals surface area contributed by atoms with E-state index in [4.69, 9.17) is 24.9 Å². The van der Waals surface area contributed by atoms with Crippen LogP contribution in [0.1, 0.15) is 123 Å². The number of hydrogen-bond donors (Lipinski definition) is 1. The zero-order valence-electron chi connectivity index (χ0n) is 21.7. The zero-order chi connectivity index (χ0) is 22.5. The average Bonchev–Trinajstić information content (AvgIpc) is 2.77. The third kappa shape index (κ3) is 15.8. The predicted octanol–water partition coefficient (Wildman–Crippen LogP) is 8.92. The van der Waals surface area contributed by atoms with E-state index in [0.717, 1.165) is 25.1 Å². The van der Waals surface area contributed by atoms with E-state index in [1.807, 2.05) is 0 Å². The minimum Gasteiger partial charge on any atom is -0.377 e. The molecule has 0 amide bonds. The topological polar surface area (TPSA) is 62.7 Å². The summed E-state index contributed by atoms with van der Waals surface area (Å²) in [5.41, 5.74) is 0.354. The first-order chi connectivity index (χ1) is 14.6. The average molecular weight is 482 g/mol. The van der Waals surface area contributed by atoms with Gasteiger partial charge in [0.25, 0.3) is 0 Å². The van der Waals surface area contributed by atoms with Crippen LogP contribution in [-0.2, 0) is 13.3 Å². The molecule has 4 nitrogen and oxygen atoms in total. The molecule has 3 N–H and O–H groups in total. The Morgan fingerprint density at radius 1 is 0.645 bits per heavy atom. The van der Waals surface area contributed by atoms with Gasteiger partial charge in [-0.2, -0.15) is 0 Å². The number of unbranched alkanes of at least 4 members (excludes halogenated alkanes) is 12. The Balaban J connectivity index is 0. The van der Waals surface area contributed by atoms with E-state index in [2.05, 4.69) is 13.8 Å². The van der Waals surface area contributed by atoms with Crippen LogP contribution in [0, 0.1) is 5.92 Å². The summed E-state index contributed by atoms with van der Waals surface area (Å²) < 4.78 is 17.3. The normalized spacial score (nSPS) is 13.7. The summed E-state index contributed by atoms with van der Waals surface area (Å²) in [5, 5.41) is 0. The van der Waals surface area contributed by atoms with E-state index >= 15 is 0 Å². The van der Waals surface area contributed by atoms with Crippen molar-refractivity contribution < 1.29 is 13.3 Å². The van der Waals surface area contributed by atoms with E-state index in [-0.39, 0.29) is 6.15 Å². The van der Waals surface area contributed by atoms with Gasteiger partial charge >= 0.3 is 8.80 Å². The molecule has 0 radical (unpaired) electrons. The lowest BCUT2D eigenvalue weighted by molar-refractivity contribution is 0.105. The molecule has 0 spiro atoms. The highest BCUT2D eigenvalue weighted by molar-refractivity contribution is 6.62. The van der Waals surface area contributed by atoms with Crippen molar-refractivity contribution >= 4 is 20.4 Å². The van der Waals surface area contributed by atoms with Gasteiger partial charge in [0.15, 0.2) is 0 Å². The van der Waals surface area contributed by atoms with Crippen LogP contribution in [0.15, 0.2) is 0 Å². The van der Waals surface area contributed by atoms with Gasteiger partial charge < -0.3 is 19.4 Å². The van der Waals surface area contributed by atoms with Gasteiger partial charge in [-0.3, -0.25) is 0 Å². The molecule has 0 saturated heterocycles. The third-order valence-corrected chi connectivity index (χ3v) is 10.3. The van der Waals surface area contributed by atoms with Crippen molar-refractivity contribution in [3.8, 4) is 0 Å². The summed E-state index contributed by atoms with van der Waals surface area (Å²) in [6.07, 6.45) is 22.7. The van der Waals surface area contributed by atoms with Crippen LogP contribution < -0.4 is 6.15 Å². The molecule has 0 aliphatic carbocycles. The second kappa shape index (κ2) is 23.5. The molecule has 31 heavy (non-hydrogen) atoms. The van der Waals surface area contributed by atoms with Crippen LogP contribution in [0.25, 0.3) is 0 Å². The Hall–Kier alpha value is 0.347. The smallest absolute Gasteiger partial charge is 0.377 e. The molecule has 0 saturated carbocycles. The fraction of sp³-hybridized carbons (Fsp3) is 1.00. The minimum absolute atomic E-state index is 0. The van der Waals surface area contributed by atoms with Gasteiger partial charge in [0.1, 0.15) is 0 Å². The first-order valence-corrected chi connectivity index (χ1v) is 15.2. The van der Waals surface area contributed by atoms with Gasteiger partial charge in [-0.15, -0.1) is 11.6 Å². The van der Waals surface area contributed by atoms with Gasteiger partial charge in [0.05, 0.1) is 0 Å². The van der Waals surface area contributed by atoms with Crippen molar-refractivity contribution in [1.29, 1.82) is 0 Å². The van der Waals surface area contributed by atoms with Crippen LogP contribution in [0.2, 0.25) is 5.54 Å². The lowest BCUT2D eigenvalue weighted by atomic mass is 9.92. The van der Waals surface area contributed by atoms with Crippen LogP contribution in [0.3, 0.4) is 0 Å². The highest BCUT2D eigenvalue weighted by atomic mass is 35.5. The zero-order valence-corrected chi connectivity index (χ0v) is 23.4. The number of hydrogen-bond acceptors (Lipinski definition) is 4. The Bertz CT molecular complexity index is 351. The summed E-state index contributed by atoms with van der Waals surface area (Å²) >= 11 is 6.11. The number of rotatable bonds is 23. The molecule has 0 rings (SSSR count). The highest BCUT2D eigenvalue weighted by Crippen LogP contribution is 2.36. The molecule has 0 aliphatic rings. The van der Waals surface area contributed by atoms with Gasteiger partial charge in [-0.05, 0) is 25.2 Å². The second-order valence-corrected chi connectivity index (χ2v) is 12.6. The van der Waals surface area contributed by atoms with Crippen molar-refractivity contribution in [3.63, 3.8) is 0 Å². The predicted molar refractivity (Wildman–Crippen MR) is 140 cm³/mol. The molecule has 0 aromatic heterocycles. The maximum Gasteiger partial charge on any atom is 0.503 e. The number of alkyl halides is 1. The SMILES string of the molecule is CCCCCCCCCCCCCCCC(CCCl)CC(CC)[Si](OC)(OC)OC.N. The van der Waals surface area contributed by atoms with Crippen LogP contribution in [0.4, 0.5) is 0 Å². The van der Waals surface area contributed by atoms with Crippen LogP contribution in [-0.4, -0.2) is 36.0 Å². The molecule has 0 heterocycles. The molecular formula is C25H56ClNO3Si. The second-order valence-electron chi connectivity index (χ2n) is 8.93. The molecule has 190 valence electrons. The van der Waals surface area contributed by atoms with Crippen molar-refractivity contribution in [2.45, 2.75) is 129 Å². The third-order valence-electron chi connectivity index (χ3n) is 6.70. The van der Waals surface area contributed by atoms with E-state index in [0.29, 0.717) is 11.5 Å². The standard InChI is InChI=1S/C25H53ClO3Si.H3N/c1-6-8-9-10-11-12-13-14-15-16-17-18-19-20-24(21-22-26)23-25(7-2)30(27-3,28-4)29-5;/h24-25H,6-23H2,1-5H3;1H3. The molecule has 2 unspecified atom stereocenters. The van der Waals surface area contributed by atoms with Gasteiger partial charge in [0.2, 0.25) is 0 Å². The Labute approximate surface area is 201 Å². The first kappa shape index (κ1) is 33.5. The van der Waals surface area contributed by atoms with Gasteiger partial charge in [0, 0.05) is 32.8 Å². The summed E-state index contributed by atoms with van der Waals surface area (Å²) in [5.74, 6) is 1.38. The monoisotopic (exact) mass is 481 g/mol. The van der Waals surface area contributed by atoms with Crippen LogP contribution in [0.5, 0.6) is 0 Å². The molecule has 0 aliphatic heterocycles. The lowest BCUT2D eigenvalue weighted by Gasteiger charge is -2.34. The summed E-state index contributed by atoms with van der Waals surface area (Å²) in [6, 6.07) is 0. The van der Waals surface area contributed by atoms with E-state index in [9.17, 15) is 0 Å². The molecule has 0 fully saturated rings. The Morgan fingerprint density at radius 2 is 1.06 bits per heavy atom. The summed E-state index contributed by atoms with van der Waals surface area (Å²) in [6.45, 7) is 4.50. The summed E-state index contributed by atoms with van der Waals surface area (Å²) in [4.78, 5) is 0. The fourth-order valence-electron chi connectivity index (χ4n) is 4.70. The maximum atomic E-state index is 6.11. The fourth-order valence-corrected chi connectivity index (χ4v) is 7.63. The van der Waals surface area contributed by atoms with Crippen molar-refractivity contribution in [3.05, 3.63) is 0 Å². The van der Waals surface area contributed by atoms with Crippen molar-refractivity contribution in [2.75, 3.05) is 27.2 Å². The molecular weight excluding hydrogens is 426 g/mol. The highest BCUT2D eigenvalue weighted by Gasteiger charge is 2.46. The summed E-state index contributed by atoms with van der Waals surface area (Å²) in [7, 11) is 2.61. The largest absolute Gasteiger partial charge is 0.503 e. The Morgan fingerprint density at radius 3 is 1.42 bits per heavy atom.